The summed E-state index contributed by atoms with van der Waals surface area (Å²) in [6.07, 6.45) is 0. The van der Waals surface area contributed by atoms with Gasteiger partial charge in [-0.25, -0.2) is 9.59 Å². The molecule has 6 heteroatoms. The first-order valence-corrected chi connectivity index (χ1v) is 9.49. The first-order chi connectivity index (χ1) is 12.7. The molecule has 2 aromatic carbocycles. The van der Waals surface area contributed by atoms with Crippen LogP contribution in [0.3, 0.4) is 0 Å². The van der Waals surface area contributed by atoms with Crippen LogP contribution in [-0.4, -0.2) is 26.2 Å². The van der Waals surface area contributed by atoms with Crippen LogP contribution in [0.4, 0.5) is 0 Å². The van der Waals surface area contributed by atoms with Crippen LogP contribution in [0.15, 0.2) is 62.6 Å². The fourth-order valence-electron chi connectivity index (χ4n) is 3.09. The normalized spacial score (nSPS) is 15.0. The summed E-state index contributed by atoms with van der Waals surface area (Å²) in [5.41, 5.74) is 5.53. The quantitative estimate of drug-likeness (QED) is 0.612. The number of carbonyl (C=O) groups is 2. The minimum Gasteiger partial charge on any atom is -0.465 e. The van der Waals surface area contributed by atoms with Crippen molar-refractivity contribution in [1.82, 2.24) is 0 Å². The van der Waals surface area contributed by atoms with Crippen LogP contribution in [0, 0.1) is 0 Å². The van der Waals surface area contributed by atoms with Gasteiger partial charge < -0.3 is 9.47 Å². The highest BCUT2D eigenvalue weighted by molar-refractivity contribution is 8.29. The van der Waals surface area contributed by atoms with E-state index in [0.29, 0.717) is 0 Å². The van der Waals surface area contributed by atoms with E-state index in [-0.39, 0.29) is 9.81 Å². The maximum absolute atomic E-state index is 12.2. The minimum atomic E-state index is -0.530. The van der Waals surface area contributed by atoms with Gasteiger partial charge in [0.15, 0.2) is 0 Å². The van der Waals surface area contributed by atoms with Gasteiger partial charge in [-0.2, -0.15) is 0 Å². The average Bonchev–Trinajstić information content (AvgIpc) is 3.26. The van der Waals surface area contributed by atoms with Gasteiger partial charge in [0.1, 0.15) is 9.81 Å². The molecule has 0 saturated carbocycles. The average molecular weight is 382 g/mol. The predicted molar refractivity (Wildman–Crippen MR) is 104 cm³/mol. The summed E-state index contributed by atoms with van der Waals surface area (Å²) in [5.74, 6) is -1.06. The van der Waals surface area contributed by atoms with Crippen molar-refractivity contribution in [3.63, 3.8) is 0 Å². The molecule has 0 bridgehead atoms. The van der Waals surface area contributed by atoms with Crippen molar-refractivity contribution < 1.29 is 19.1 Å². The van der Waals surface area contributed by atoms with Gasteiger partial charge in [-0.15, -0.1) is 0 Å². The van der Waals surface area contributed by atoms with Gasteiger partial charge in [0.2, 0.25) is 0 Å². The summed E-state index contributed by atoms with van der Waals surface area (Å²) in [6.45, 7) is 0. The van der Waals surface area contributed by atoms with Crippen molar-refractivity contribution in [3.05, 3.63) is 73.7 Å². The van der Waals surface area contributed by atoms with Gasteiger partial charge in [0.05, 0.1) is 18.5 Å². The van der Waals surface area contributed by atoms with Crippen LogP contribution in [0.5, 0.6) is 0 Å². The molecule has 26 heavy (non-hydrogen) atoms. The van der Waals surface area contributed by atoms with E-state index < -0.39 is 11.9 Å². The standard InChI is InChI=1S/C20H14O4S2/c1-23-18(21)16-17(19(22)24-2)26-20(25-16)15-13-9-5-3-7-11(13)12-8-4-6-10-14(12)15/h3-10H,1-2H3. The van der Waals surface area contributed by atoms with Crippen molar-refractivity contribution in [3.8, 4) is 11.1 Å². The summed E-state index contributed by atoms with van der Waals surface area (Å²) in [4.78, 5) is 24.8. The van der Waals surface area contributed by atoms with Crippen molar-refractivity contribution in [1.29, 1.82) is 0 Å². The summed E-state index contributed by atoms with van der Waals surface area (Å²) in [7, 11) is 2.61. The van der Waals surface area contributed by atoms with Crippen molar-refractivity contribution >= 4 is 41.0 Å². The van der Waals surface area contributed by atoms with E-state index in [9.17, 15) is 9.59 Å². The number of esters is 2. The van der Waals surface area contributed by atoms with Crippen LogP contribution in [0.2, 0.25) is 0 Å². The minimum absolute atomic E-state index is 0.272. The molecule has 2 aliphatic rings. The van der Waals surface area contributed by atoms with Crippen molar-refractivity contribution in [2.75, 3.05) is 14.2 Å². The Labute approximate surface area is 159 Å². The fraction of sp³-hybridized carbons (Fsp3) is 0.100. The summed E-state index contributed by atoms with van der Waals surface area (Å²) in [5, 5.41) is 0. The largest absolute Gasteiger partial charge is 0.465 e. The zero-order chi connectivity index (χ0) is 18.3. The Hall–Kier alpha value is -2.44. The van der Waals surface area contributed by atoms with E-state index in [2.05, 4.69) is 24.3 Å². The van der Waals surface area contributed by atoms with E-state index in [0.717, 1.165) is 32.1 Å². The topological polar surface area (TPSA) is 52.6 Å². The Morgan fingerprint density at radius 3 is 1.46 bits per heavy atom. The van der Waals surface area contributed by atoms with Crippen LogP contribution in [0.25, 0.3) is 16.7 Å². The molecule has 0 radical (unpaired) electrons. The molecular formula is C20H14O4S2. The highest BCUT2D eigenvalue weighted by Gasteiger charge is 2.36. The molecule has 1 aliphatic carbocycles. The van der Waals surface area contributed by atoms with E-state index in [1.807, 2.05) is 24.3 Å². The number of thioether (sulfide) groups is 2. The molecule has 2 aromatic rings. The molecule has 0 atom stereocenters. The Balaban J connectivity index is 1.89. The molecule has 1 heterocycles. The molecule has 130 valence electrons. The van der Waals surface area contributed by atoms with Crippen LogP contribution < -0.4 is 0 Å². The zero-order valence-electron chi connectivity index (χ0n) is 14.1. The van der Waals surface area contributed by atoms with Gasteiger partial charge in [-0.1, -0.05) is 72.1 Å². The summed E-state index contributed by atoms with van der Waals surface area (Å²) >= 11 is 2.53. The Morgan fingerprint density at radius 1 is 0.692 bits per heavy atom. The molecule has 4 rings (SSSR count). The monoisotopic (exact) mass is 382 g/mol. The second-order valence-electron chi connectivity index (χ2n) is 5.60. The van der Waals surface area contributed by atoms with E-state index in [1.54, 1.807) is 0 Å². The molecule has 0 aromatic heterocycles. The smallest absolute Gasteiger partial charge is 0.346 e. The lowest BCUT2D eigenvalue weighted by atomic mass is 10.1. The number of hydrogen-bond donors (Lipinski definition) is 0. The first kappa shape index (κ1) is 17.0. The lowest BCUT2D eigenvalue weighted by Crippen LogP contribution is -2.08. The Morgan fingerprint density at radius 2 is 1.08 bits per heavy atom. The Kier molecular flexibility index (Phi) is 4.38. The molecule has 0 unspecified atom stereocenters. The summed E-state index contributed by atoms with van der Waals surface area (Å²) < 4.78 is 10.6. The van der Waals surface area contributed by atoms with Gasteiger partial charge >= 0.3 is 11.9 Å². The molecule has 4 nitrogen and oxygen atoms in total. The maximum Gasteiger partial charge on any atom is 0.346 e. The van der Waals surface area contributed by atoms with Crippen LogP contribution in [-0.2, 0) is 19.1 Å². The number of benzene rings is 2. The van der Waals surface area contributed by atoms with E-state index in [1.165, 1.54) is 37.7 Å². The number of fused-ring (bicyclic) bond motifs is 3. The first-order valence-electron chi connectivity index (χ1n) is 7.85. The molecule has 0 amide bonds. The van der Waals surface area contributed by atoms with Gasteiger partial charge in [0, 0.05) is 5.57 Å². The SMILES string of the molecule is COC(=O)C1=C(C(=O)OC)SC(=C2c3ccccc3-c3ccccc32)S1. The third kappa shape index (κ3) is 2.57. The van der Waals surface area contributed by atoms with Crippen LogP contribution >= 0.6 is 23.5 Å². The van der Waals surface area contributed by atoms with Gasteiger partial charge in [-0.3, -0.25) is 0 Å². The van der Waals surface area contributed by atoms with Crippen molar-refractivity contribution in [2.45, 2.75) is 0 Å². The van der Waals surface area contributed by atoms with E-state index in [4.69, 9.17) is 9.47 Å². The molecule has 0 fully saturated rings. The van der Waals surface area contributed by atoms with Gasteiger partial charge in [-0.05, 0) is 22.3 Å². The zero-order valence-corrected chi connectivity index (χ0v) is 15.7. The highest BCUT2D eigenvalue weighted by atomic mass is 32.2. The number of ether oxygens (including phenoxy) is 2. The highest BCUT2D eigenvalue weighted by Crippen LogP contribution is 2.57. The second-order valence-corrected chi connectivity index (χ2v) is 7.90. The van der Waals surface area contributed by atoms with Crippen LogP contribution in [0.1, 0.15) is 11.1 Å². The fourth-order valence-corrected chi connectivity index (χ4v) is 5.71. The van der Waals surface area contributed by atoms with Gasteiger partial charge in [0.25, 0.3) is 0 Å². The molecular weight excluding hydrogens is 368 g/mol. The number of carbonyl (C=O) groups excluding carboxylic acids is 2. The third-order valence-corrected chi connectivity index (χ3v) is 6.78. The molecule has 0 spiro atoms. The third-order valence-electron chi connectivity index (χ3n) is 4.22. The Bertz CT molecular complexity index is 927. The molecule has 1 aliphatic heterocycles. The maximum atomic E-state index is 12.2. The lowest BCUT2D eigenvalue weighted by molar-refractivity contribution is -0.138. The van der Waals surface area contributed by atoms with Crippen molar-refractivity contribution in [2.24, 2.45) is 0 Å². The second kappa shape index (κ2) is 6.70. The number of rotatable bonds is 2. The predicted octanol–water partition coefficient (Wildman–Crippen LogP) is 4.42. The number of methoxy groups -OCH3 is 2. The molecule has 0 saturated heterocycles. The summed E-state index contributed by atoms with van der Waals surface area (Å²) in [6, 6.07) is 16.3. The van der Waals surface area contributed by atoms with E-state index >= 15 is 0 Å². The number of hydrogen-bond acceptors (Lipinski definition) is 6. The lowest BCUT2D eigenvalue weighted by Gasteiger charge is -2.07. The molecule has 0 N–H and O–H groups in total.